The van der Waals surface area contributed by atoms with Crippen LogP contribution in [0.1, 0.15) is 22.8 Å². The maximum absolute atomic E-state index is 13.0. The molecule has 0 unspecified atom stereocenters. The minimum Gasteiger partial charge on any atom is -0.346 e. The Bertz CT molecular complexity index is 786. The lowest BCUT2D eigenvalue weighted by molar-refractivity contribution is 0.101. The van der Waals surface area contributed by atoms with Gasteiger partial charge in [-0.1, -0.05) is 24.3 Å². The van der Waals surface area contributed by atoms with Gasteiger partial charge in [-0.3, -0.25) is 9.69 Å². The van der Waals surface area contributed by atoms with Gasteiger partial charge in [-0.2, -0.15) is 0 Å². The van der Waals surface area contributed by atoms with E-state index in [2.05, 4.69) is 15.1 Å². The molecule has 0 atom stereocenters. The molecule has 1 aliphatic heterocycles. The van der Waals surface area contributed by atoms with Gasteiger partial charge in [0.05, 0.1) is 0 Å². The predicted octanol–water partition coefficient (Wildman–Crippen LogP) is 3.54. The van der Waals surface area contributed by atoms with Crippen LogP contribution in [0.25, 0.3) is 0 Å². The van der Waals surface area contributed by atoms with E-state index in [4.69, 9.17) is 12.2 Å². The van der Waals surface area contributed by atoms with Crippen LogP contribution in [0.5, 0.6) is 0 Å². The SMILES string of the molecule is CC(=O)c1cccc(NC(=S)N2CCN(Cc3ccc(F)cc3)CC2)c1. The molecule has 1 fully saturated rings. The molecule has 6 heteroatoms. The van der Waals surface area contributed by atoms with Crippen LogP contribution in [0.4, 0.5) is 10.1 Å². The molecule has 0 spiro atoms. The van der Waals surface area contributed by atoms with E-state index >= 15 is 0 Å². The molecule has 0 amide bonds. The second kappa shape index (κ2) is 8.38. The number of carbonyl (C=O) groups excluding carboxylic acids is 1. The highest BCUT2D eigenvalue weighted by Gasteiger charge is 2.19. The summed E-state index contributed by atoms with van der Waals surface area (Å²) in [6, 6.07) is 14.0. The van der Waals surface area contributed by atoms with Crippen molar-refractivity contribution in [3.63, 3.8) is 0 Å². The quantitative estimate of drug-likeness (QED) is 0.657. The summed E-state index contributed by atoms with van der Waals surface area (Å²) in [5.74, 6) is -0.169. The highest BCUT2D eigenvalue weighted by molar-refractivity contribution is 7.80. The first kappa shape index (κ1) is 18.5. The van der Waals surface area contributed by atoms with Gasteiger partial charge in [0.15, 0.2) is 10.9 Å². The van der Waals surface area contributed by atoms with Crippen molar-refractivity contribution >= 4 is 28.8 Å². The molecule has 1 N–H and O–H groups in total. The fraction of sp³-hybridized carbons (Fsp3) is 0.300. The van der Waals surface area contributed by atoms with Gasteiger partial charge in [-0.15, -0.1) is 0 Å². The molecule has 2 aromatic rings. The minimum atomic E-state index is -0.205. The first-order valence-corrected chi connectivity index (χ1v) is 9.06. The zero-order valence-electron chi connectivity index (χ0n) is 14.7. The summed E-state index contributed by atoms with van der Waals surface area (Å²) >= 11 is 5.52. The maximum Gasteiger partial charge on any atom is 0.173 e. The molecule has 3 rings (SSSR count). The van der Waals surface area contributed by atoms with Crippen LogP contribution in [0, 0.1) is 5.82 Å². The van der Waals surface area contributed by atoms with Gasteiger partial charge in [0.1, 0.15) is 5.82 Å². The summed E-state index contributed by atoms with van der Waals surface area (Å²) in [6.07, 6.45) is 0. The molecule has 0 radical (unpaired) electrons. The molecular weight excluding hydrogens is 349 g/mol. The Labute approximate surface area is 158 Å². The van der Waals surface area contributed by atoms with Crippen molar-refractivity contribution in [2.75, 3.05) is 31.5 Å². The zero-order chi connectivity index (χ0) is 18.5. The number of nitrogens with one attached hydrogen (secondary N) is 1. The number of nitrogens with zero attached hydrogens (tertiary/aromatic N) is 2. The summed E-state index contributed by atoms with van der Waals surface area (Å²) in [6.45, 7) is 5.82. The number of thiocarbonyl (C=S) groups is 1. The number of hydrogen-bond acceptors (Lipinski definition) is 3. The van der Waals surface area contributed by atoms with Crippen molar-refractivity contribution in [1.29, 1.82) is 0 Å². The molecule has 26 heavy (non-hydrogen) atoms. The van der Waals surface area contributed by atoms with Crippen molar-refractivity contribution in [1.82, 2.24) is 9.80 Å². The maximum atomic E-state index is 13.0. The van der Waals surface area contributed by atoms with Crippen LogP contribution in [0.2, 0.25) is 0 Å². The number of hydrogen-bond donors (Lipinski definition) is 1. The van der Waals surface area contributed by atoms with Gasteiger partial charge in [0.2, 0.25) is 0 Å². The lowest BCUT2D eigenvalue weighted by atomic mass is 10.1. The van der Waals surface area contributed by atoms with Gasteiger partial charge in [-0.05, 0) is 49.0 Å². The van der Waals surface area contributed by atoms with Crippen LogP contribution in [-0.4, -0.2) is 46.9 Å². The van der Waals surface area contributed by atoms with E-state index in [0.717, 1.165) is 44.0 Å². The normalized spacial score (nSPS) is 14.9. The van der Waals surface area contributed by atoms with Crippen molar-refractivity contribution in [3.05, 3.63) is 65.5 Å². The van der Waals surface area contributed by atoms with E-state index in [0.29, 0.717) is 10.7 Å². The summed E-state index contributed by atoms with van der Waals surface area (Å²) in [7, 11) is 0. The van der Waals surface area contributed by atoms with Crippen molar-refractivity contribution in [3.8, 4) is 0 Å². The fourth-order valence-electron chi connectivity index (χ4n) is 2.98. The largest absolute Gasteiger partial charge is 0.346 e. The Kier molecular flexibility index (Phi) is 5.96. The van der Waals surface area contributed by atoms with Crippen LogP contribution in [-0.2, 0) is 6.54 Å². The molecule has 0 aliphatic carbocycles. The van der Waals surface area contributed by atoms with Crippen molar-refractivity contribution in [2.24, 2.45) is 0 Å². The molecule has 4 nitrogen and oxygen atoms in total. The third-order valence-electron chi connectivity index (χ3n) is 4.50. The summed E-state index contributed by atoms with van der Waals surface area (Å²) in [5, 5.41) is 3.90. The van der Waals surface area contributed by atoms with Crippen molar-refractivity contribution in [2.45, 2.75) is 13.5 Å². The summed E-state index contributed by atoms with van der Waals surface area (Å²) in [5.41, 5.74) is 2.61. The molecular formula is C20H22FN3OS. The Balaban J connectivity index is 1.51. The van der Waals surface area contributed by atoms with Gasteiger partial charge >= 0.3 is 0 Å². The minimum absolute atomic E-state index is 0.0361. The molecule has 1 saturated heterocycles. The van der Waals surface area contributed by atoms with Gasteiger partial charge in [0, 0.05) is 44.0 Å². The highest BCUT2D eigenvalue weighted by atomic mass is 32.1. The Morgan fingerprint density at radius 3 is 2.46 bits per heavy atom. The average molecular weight is 371 g/mol. The van der Waals surface area contributed by atoms with E-state index < -0.39 is 0 Å². The molecule has 0 aromatic heterocycles. The number of Topliss-reactive ketones (excluding diaryl/α,β-unsaturated/α-hetero) is 1. The van der Waals surface area contributed by atoms with Gasteiger partial charge in [0.25, 0.3) is 0 Å². The summed E-state index contributed by atoms with van der Waals surface area (Å²) in [4.78, 5) is 16.0. The van der Waals surface area contributed by atoms with E-state index in [1.807, 2.05) is 30.3 Å². The van der Waals surface area contributed by atoms with Gasteiger partial charge < -0.3 is 10.2 Å². The topological polar surface area (TPSA) is 35.6 Å². The first-order chi connectivity index (χ1) is 12.5. The Morgan fingerprint density at radius 1 is 1.12 bits per heavy atom. The lowest BCUT2D eigenvalue weighted by Crippen LogP contribution is -2.49. The van der Waals surface area contributed by atoms with E-state index in [-0.39, 0.29) is 11.6 Å². The van der Waals surface area contributed by atoms with Crippen LogP contribution in [0.15, 0.2) is 48.5 Å². The zero-order valence-corrected chi connectivity index (χ0v) is 15.6. The molecule has 136 valence electrons. The van der Waals surface area contributed by atoms with E-state index in [9.17, 15) is 9.18 Å². The van der Waals surface area contributed by atoms with E-state index in [1.54, 1.807) is 13.0 Å². The smallest absolute Gasteiger partial charge is 0.173 e. The molecule has 0 bridgehead atoms. The molecule has 2 aromatic carbocycles. The lowest BCUT2D eigenvalue weighted by Gasteiger charge is -2.36. The number of halogens is 1. The third-order valence-corrected chi connectivity index (χ3v) is 4.86. The van der Waals surface area contributed by atoms with Crippen LogP contribution >= 0.6 is 12.2 Å². The Hall–Kier alpha value is -2.31. The van der Waals surface area contributed by atoms with Crippen LogP contribution in [0.3, 0.4) is 0 Å². The second-order valence-corrected chi connectivity index (χ2v) is 6.84. The second-order valence-electron chi connectivity index (χ2n) is 6.46. The van der Waals surface area contributed by atoms with Crippen molar-refractivity contribution < 1.29 is 9.18 Å². The number of benzene rings is 2. The fourth-order valence-corrected chi connectivity index (χ4v) is 3.28. The molecule has 1 heterocycles. The number of rotatable bonds is 4. The van der Waals surface area contributed by atoms with E-state index in [1.165, 1.54) is 12.1 Å². The molecule has 1 aliphatic rings. The highest BCUT2D eigenvalue weighted by Crippen LogP contribution is 2.14. The third kappa shape index (κ3) is 4.86. The number of piperazine rings is 1. The molecule has 0 saturated carbocycles. The predicted molar refractivity (Wildman–Crippen MR) is 106 cm³/mol. The first-order valence-electron chi connectivity index (χ1n) is 8.65. The number of anilines is 1. The Morgan fingerprint density at radius 2 is 1.81 bits per heavy atom. The van der Waals surface area contributed by atoms with Gasteiger partial charge in [-0.25, -0.2) is 4.39 Å². The van der Waals surface area contributed by atoms with Crippen LogP contribution < -0.4 is 5.32 Å². The number of carbonyl (C=O) groups is 1. The standard InChI is InChI=1S/C20H22FN3OS/c1-15(25)17-3-2-4-19(13-17)22-20(26)24-11-9-23(10-12-24)14-16-5-7-18(21)8-6-16/h2-8,13H,9-12,14H2,1H3,(H,22,26). The average Bonchev–Trinajstić information content (AvgIpc) is 2.64. The number of ketones is 1. The monoisotopic (exact) mass is 371 g/mol. The summed E-state index contributed by atoms with van der Waals surface area (Å²) < 4.78 is 13.0.